The second-order valence-corrected chi connectivity index (χ2v) is 0.490. The summed E-state index contributed by atoms with van der Waals surface area (Å²) in [5, 5.41) is 0. The summed E-state index contributed by atoms with van der Waals surface area (Å²) in [7, 11) is -1.67. The molecule has 0 saturated heterocycles. The second kappa shape index (κ2) is 29.6. The van der Waals surface area contributed by atoms with Crippen molar-refractivity contribution in [1.82, 2.24) is 0 Å². The molecule has 7 heavy (non-hydrogen) atoms. The van der Waals surface area contributed by atoms with Gasteiger partial charge in [-0.25, -0.2) is 9.13 Å². The van der Waals surface area contributed by atoms with Crippen LogP contribution >= 0.6 is 17.4 Å². The number of hydrogen-bond donors (Lipinski definition) is 2. The molecule has 4 nitrogen and oxygen atoms in total. The molecule has 0 spiro atoms. The molecule has 0 unspecified atom stereocenters. The van der Waals surface area contributed by atoms with E-state index in [-0.39, 0.29) is 19.5 Å². The van der Waals surface area contributed by atoms with Crippen LogP contribution in [0.1, 0.15) is 0 Å². The van der Waals surface area contributed by atoms with Gasteiger partial charge in [-0.2, -0.15) is 0 Å². The van der Waals surface area contributed by atoms with Gasteiger partial charge < -0.3 is 9.79 Å². The molecule has 7 heteroatoms. The zero-order chi connectivity index (χ0) is 5.41. The van der Waals surface area contributed by atoms with E-state index in [0.29, 0.717) is 0 Å². The van der Waals surface area contributed by atoms with E-state index >= 15 is 0 Å². The average Bonchev–Trinajstić information content (AvgIpc) is 1.39. The van der Waals surface area contributed by atoms with E-state index in [9.17, 15) is 0 Å². The predicted molar refractivity (Wildman–Crippen MR) is 19.7 cm³/mol. The normalized spacial score (nSPS) is 6.00. The Morgan fingerprint density at radius 2 is 1.00 bits per heavy atom. The molecule has 0 aliphatic heterocycles. The third kappa shape index (κ3) is 275. The van der Waals surface area contributed by atoms with Gasteiger partial charge in [-0.3, -0.25) is 0 Å². The SMILES string of the molecule is O=PO.O=PO.[Ru+2]. The molecule has 0 saturated carbocycles. The van der Waals surface area contributed by atoms with E-state index in [1.165, 1.54) is 0 Å². The first kappa shape index (κ1) is 15.6. The van der Waals surface area contributed by atoms with Crippen molar-refractivity contribution in [2.45, 2.75) is 0 Å². The van der Waals surface area contributed by atoms with Crippen LogP contribution in [-0.2, 0) is 28.6 Å². The van der Waals surface area contributed by atoms with Crippen molar-refractivity contribution in [2.75, 3.05) is 0 Å². The van der Waals surface area contributed by atoms with Crippen LogP contribution in [0.25, 0.3) is 0 Å². The smallest absolute Gasteiger partial charge is 0.310 e. The van der Waals surface area contributed by atoms with E-state index < -0.39 is 17.4 Å². The van der Waals surface area contributed by atoms with E-state index in [2.05, 4.69) is 0 Å². The monoisotopic (exact) mass is 230 g/mol. The van der Waals surface area contributed by atoms with Gasteiger partial charge in [0.05, 0.1) is 0 Å². The van der Waals surface area contributed by atoms with Gasteiger partial charge in [0.1, 0.15) is 0 Å². The molecule has 0 fully saturated rings. The Bertz CT molecular complexity index is 30.7. The largest absolute Gasteiger partial charge is 2.00 e. The molecule has 0 bridgehead atoms. The average molecular weight is 229 g/mol. The Labute approximate surface area is 56.3 Å². The summed E-state index contributed by atoms with van der Waals surface area (Å²) in [6, 6.07) is 0. The molecule has 42 valence electrons. The summed E-state index contributed by atoms with van der Waals surface area (Å²) in [6.45, 7) is 0. The number of hydrogen-bond acceptors (Lipinski definition) is 2. The van der Waals surface area contributed by atoms with Gasteiger partial charge in [-0.15, -0.1) is 0 Å². The molecular formula is H2O4P2Ru+2. The minimum absolute atomic E-state index is 0. The van der Waals surface area contributed by atoms with Crippen LogP contribution in [-0.4, -0.2) is 9.79 Å². The second-order valence-electron chi connectivity index (χ2n) is 0.163. The van der Waals surface area contributed by atoms with Gasteiger partial charge in [0.15, 0.2) is 0 Å². The Morgan fingerprint density at radius 3 is 1.00 bits per heavy atom. The fourth-order valence-electron chi connectivity index (χ4n) is 0. The summed E-state index contributed by atoms with van der Waals surface area (Å²) in [5.74, 6) is 0. The molecule has 0 aromatic heterocycles. The van der Waals surface area contributed by atoms with Gasteiger partial charge in [-0.05, 0) is 0 Å². The standard InChI is InChI=1S/2HO2P.Ru/c2*1-3-2;/h2*(H,1,2);/q;;+2. The summed E-state index contributed by atoms with van der Waals surface area (Å²) in [4.78, 5) is 14.0. The number of rotatable bonds is 0. The van der Waals surface area contributed by atoms with Crippen LogP contribution in [0, 0.1) is 0 Å². The van der Waals surface area contributed by atoms with Gasteiger partial charge >= 0.3 is 36.9 Å². The summed E-state index contributed by atoms with van der Waals surface area (Å²) < 4.78 is 16.9. The van der Waals surface area contributed by atoms with Crippen LogP contribution in [0.15, 0.2) is 0 Å². The van der Waals surface area contributed by atoms with E-state index in [1.807, 2.05) is 0 Å². The molecule has 0 aromatic carbocycles. The van der Waals surface area contributed by atoms with E-state index in [1.54, 1.807) is 0 Å². The Hall–Kier alpha value is 0.743. The van der Waals surface area contributed by atoms with Crippen LogP contribution in [0.5, 0.6) is 0 Å². The summed E-state index contributed by atoms with van der Waals surface area (Å²) in [5.41, 5.74) is 0. The van der Waals surface area contributed by atoms with Crippen molar-refractivity contribution < 1.29 is 38.4 Å². The predicted octanol–water partition coefficient (Wildman–Crippen LogP) is 0.368. The minimum atomic E-state index is -0.833. The molecule has 0 aliphatic carbocycles. The molecule has 2 N–H and O–H groups in total. The maximum absolute atomic E-state index is 8.46. The van der Waals surface area contributed by atoms with E-state index in [4.69, 9.17) is 18.9 Å². The Kier molecular flexibility index (Phi) is 66.1. The fraction of sp³-hybridized carbons (Fsp3) is 0. The molecule has 0 amide bonds. The van der Waals surface area contributed by atoms with Crippen molar-refractivity contribution in [2.24, 2.45) is 0 Å². The van der Waals surface area contributed by atoms with Crippen molar-refractivity contribution in [3.63, 3.8) is 0 Å². The van der Waals surface area contributed by atoms with Crippen LogP contribution in [0.2, 0.25) is 0 Å². The van der Waals surface area contributed by atoms with Gasteiger partial charge in [0.25, 0.3) is 0 Å². The van der Waals surface area contributed by atoms with Crippen LogP contribution in [0.3, 0.4) is 0 Å². The first-order valence-corrected chi connectivity index (χ1v) is 2.30. The van der Waals surface area contributed by atoms with Crippen molar-refractivity contribution in [3.8, 4) is 0 Å². The maximum Gasteiger partial charge on any atom is 2.00 e. The Morgan fingerprint density at radius 1 is 1.00 bits per heavy atom. The first-order chi connectivity index (χ1) is 2.83. The fourth-order valence-corrected chi connectivity index (χ4v) is 0. The van der Waals surface area contributed by atoms with Crippen molar-refractivity contribution in [3.05, 3.63) is 0 Å². The summed E-state index contributed by atoms with van der Waals surface area (Å²) >= 11 is 0. The third-order valence-corrected chi connectivity index (χ3v) is 0. The van der Waals surface area contributed by atoms with Crippen molar-refractivity contribution in [1.29, 1.82) is 0 Å². The van der Waals surface area contributed by atoms with Gasteiger partial charge in [0.2, 0.25) is 0 Å². The van der Waals surface area contributed by atoms with Crippen LogP contribution in [0.4, 0.5) is 0 Å². The topological polar surface area (TPSA) is 74.6 Å². The zero-order valence-electron chi connectivity index (χ0n) is 2.96. The molecule has 0 aromatic rings. The molecule has 0 rings (SSSR count). The minimum Gasteiger partial charge on any atom is -0.310 e. The van der Waals surface area contributed by atoms with E-state index in [0.717, 1.165) is 0 Å². The van der Waals surface area contributed by atoms with Crippen LogP contribution < -0.4 is 0 Å². The maximum atomic E-state index is 8.46. The molecule has 0 aliphatic rings. The quantitative estimate of drug-likeness (QED) is 0.464. The van der Waals surface area contributed by atoms with Gasteiger partial charge in [-0.1, -0.05) is 0 Å². The Balaban J connectivity index is -0.0000000400. The molecular weight excluding hydrogens is 227 g/mol. The first-order valence-electron chi connectivity index (χ1n) is 0.765. The zero-order valence-corrected chi connectivity index (χ0v) is 6.49. The van der Waals surface area contributed by atoms with Gasteiger partial charge in [0, 0.05) is 0 Å². The molecule has 0 heterocycles. The third-order valence-electron chi connectivity index (χ3n) is 0. The molecule has 0 atom stereocenters. The van der Waals surface area contributed by atoms with Crippen molar-refractivity contribution >= 4 is 17.4 Å². The molecule has 0 radical (unpaired) electrons. The summed E-state index contributed by atoms with van der Waals surface area (Å²) in [6.07, 6.45) is 0.